The van der Waals surface area contributed by atoms with E-state index in [4.69, 9.17) is 18.6 Å². The molecular weight excluding hydrogens is 328 g/mol. The standard InChI is InChI=1S/C18H16O7/c1-21-18(20)15-6-4-13(25-15)11-24-17(19)7-3-12-2-5-14-16(10-12)23-9-8-22-14/h2-7,10H,8-9,11H2,1H3/b7-3+. The van der Waals surface area contributed by atoms with Crippen molar-refractivity contribution in [1.29, 1.82) is 0 Å². The fourth-order valence-corrected chi connectivity index (χ4v) is 2.18. The van der Waals surface area contributed by atoms with Crippen molar-refractivity contribution in [3.8, 4) is 11.5 Å². The summed E-state index contributed by atoms with van der Waals surface area (Å²) in [5, 5.41) is 0. The summed E-state index contributed by atoms with van der Waals surface area (Å²) in [4.78, 5) is 23.0. The minimum absolute atomic E-state index is 0.0559. The molecule has 1 aliphatic rings. The van der Waals surface area contributed by atoms with Gasteiger partial charge in [0, 0.05) is 6.08 Å². The number of carbonyl (C=O) groups excluding carboxylic acids is 2. The Hall–Kier alpha value is -3.22. The smallest absolute Gasteiger partial charge is 0.373 e. The number of methoxy groups -OCH3 is 1. The van der Waals surface area contributed by atoms with Crippen LogP contribution < -0.4 is 9.47 Å². The van der Waals surface area contributed by atoms with E-state index in [9.17, 15) is 9.59 Å². The van der Waals surface area contributed by atoms with Crippen molar-refractivity contribution in [3.05, 3.63) is 53.5 Å². The van der Waals surface area contributed by atoms with Crippen LogP contribution >= 0.6 is 0 Å². The van der Waals surface area contributed by atoms with Crippen molar-refractivity contribution in [2.75, 3.05) is 20.3 Å². The van der Waals surface area contributed by atoms with Gasteiger partial charge in [-0.2, -0.15) is 0 Å². The van der Waals surface area contributed by atoms with Crippen LogP contribution in [0.25, 0.3) is 6.08 Å². The first-order valence-electron chi connectivity index (χ1n) is 7.57. The lowest BCUT2D eigenvalue weighted by Gasteiger charge is -2.18. The Labute approximate surface area is 143 Å². The SMILES string of the molecule is COC(=O)c1ccc(COC(=O)/C=C/c2ccc3c(c2)OCCO3)o1. The van der Waals surface area contributed by atoms with Gasteiger partial charge in [0.05, 0.1) is 7.11 Å². The Morgan fingerprint density at radius 2 is 1.92 bits per heavy atom. The number of furan rings is 1. The van der Waals surface area contributed by atoms with Gasteiger partial charge in [0.1, 0.15) is 25.6 Å². The average molecular weight is 344 g/mol. The van der Waals surface area contributed by atoms with E-state index in [1.54, 1.807) is 24.3 Å². The molecule has 2 heterocycles. The maximum Gasteiger partial charge on any atom is 0.373 e. The van der Waals surface area contributed by atoms with E-state index in [0.717, 1.165) is 5.56 Å². The van der Waals surface area contributed by atoms with Crippen LogP contribution in [0, 0.1) is 0 Å². The van der Waals surface area contributed by atoms with Gasteiger partial charge in [-0.15, -0.1) is 0 Å². The largest absolute Gasteiger partial charge is 0.486 e. The predicted octanol–water partition coefficient (Wildman–Crippen LogP) is 2.59. The van der Waals surface area contributed by atoms with Crippen LogP contribution in [-0.4, -0.2) is 32.3 Å². The first-order chi connectivity index (χ1) is 12.2. The molecule has 0 saturated heterocycles. The number of benzene rings is 1. The molecule has 0 unspecified atom stereocenters. The van der Waals surface area contributed by atoms with E-state index in [2.05, 4.69) is 4.74 Å². The van der Waals surface area contributed by atoms with Gasteiger partial charge in [0.15, 0.2) is 11.5 Å². The van der Waals surface area contributed by atoms with Crippen molar-refractivity contribution in [2.45, 2.75) is 6.61 Å². The second kappa shape index (κ2) is 7.57. The van der Waals surface area contributed by atoms with Gasteiger partial charge >= 0.3 is 11.9 Å². The Kier molecular flexibility index (Phi) is 5.03. The Morgan fingerprint density at radius 3 is 2.72 bits per heavy atom. The highest BCUT2D eigenvalue weighted by atomic mass is 16.6. The third-order valence-electron chi connectivity index (χ3n) is 3.38. The second-order valence-corrected chi connectivity index (χ2v) is 5.10. The van der Waals surface area contributed by atoms with Gasteiger partial charge in [-0.3, -0.25) is 0 Å². The number of hydrogen-bond donors (Lipinski definition) is 0. The fourth-order valence-electron chi connectivity index (χ4n) is 2.18. The molecule has 7 nitrogen and oxygen atoms in total. The number of ether oxygens (including phenoxy) is 4. The lowest BCUT2D eigenvalue weighted by atomic mass is 10.2. The molecule has 1 aromatic carbocycles. The van der Waals surface area contributed by atoms with E-state index in [1.165, 1.54) is 19.3 Å². The van der Waals surface area contributed by atoms with E-state index in [-0.39, 0.29) is 12.4 Å². The molecule has 130 valence electrons. The molecule has 7 heteroatoms. The van der Waals surface area contributed by atoms with Crippen molar-refractivity contribution < 1.29 is 33.0 Å². The normalized spacial score (nSPS) is 12.8. The van der Waals surface area contributed by atoms with Gasteiger partial charge < -0.3 is 23.4 Å². The van der Waals surface area contributed by atoms with Gasteiger partial charge in [-0.1, -0.05) is 6.07 Å². The maximum absolute atomic E-state index is 11.8. The Bertz CT molecular complexity index is 804. The number of rotatable bonds is 5. The van der Waals surface area contributed by atoms with E-state index >= 15 is 0 Å². The lowest BCUT2D eigenvalue weighted by molar-refractivity contribution is -0.139. The highest BCUT2D eigenvalue weighted by molar-refractivity contribution is 5.87. The predicted molar refractivity (Wildman–Crippen MR) is 86.3 cm³/mol. The first-order valence-corrected chi connectivity index (χ1v) is 7.57. The van der Waals surface area contributed by atoms with Crippen LogP contribution in [0.4, 0.5) is 0 Å². The minimum atomic E-state index is -0.587. The van der Waals surface area contributed by atoms with Crippen molar-refractivity contribution in [1.82, 2.24) is 0 Å². The Balaban J connectivity index is 1.54. The van der Waals surface area contributed by atoms with E-state index in [0.29, 0.717) is 30.5 Å². The summed E-state index contributed by atoms with van der Waals surface area (Å²) in [6, 6.07) is 8.39. The van der Waals surface area contributed by atoms with Gasteiger partial charge in [0.25, 0.3) is 0 Å². The molecule has 1 aromatic heterocycles. The zero-order chi connectivity index (χ0) is 17.6. The Morgan fingerprint density at radius 1 is 1.12 bits per heavy atom. The van der Waals surface area contributed by atoms with E-state index in [1.807, 2.05) is 6.07 Å². The van der Waals surface area contributed by atoms with Crippen LogP contribution in [-0.2, 0) is 20.9 Å². The average Bonchev–Trinajstić information content (AvgIpc) is 3.13. The van der Waals surface area contributed by atoms with Crippen LogP contribution in [0.3, 0.4) is 0 Å². The lowest BCUT2D eigenvalue weighted by Crippen LogP contribution is -2.15. The molecule has 0 N–H and O–H groups in total. The van der Waals surface area contributed by atoms with Crippen LogP contribution in [0.2, 0.25) is 0 Å². The fraction of sp³-hybridized carbons (Fsp3) is 0.222. The van der Waals surface area contributed by atoms with Gasteiger partial charge in [0.2, 0.25) is 5.76 Å². The molecule has 1 aliphatic heterocycles. The third kappa shape index (κ3) is 4.20. The molecule has 0 amide bonds. The summed E-state index contributed by atoms with van der Waals surface area (Å²) in [6.45, 7) is 0.944. The minimum Gasteiger partial charge on any atom is -0.486 e. The van der Waals surface area contributed by atoms with Crippen LogP contribution in [0.5, 0.6) is 11.5 Å². The van der Waals surface area contributed by atoms with Crippen molar-refractivity contribution in [2.24, 2.45) is 0 Å². The molecule has 0 spiro atoms. The maximum atomic E-state index is 11.8. The molecule has 0 aliphatic carbocycles. The molecule has 0 saturated carbocycles. The molecule has 3 rings (SSSR count). The monoisotopic (exact) mass is 344 g/mol. The third-order valence-corrected chi connectivity index (χ3v) is 3.38. The number of esters is 2. The molecular formula is C18H16O7. The highest BCUT2D eigenvalue weighted by Crippen LogP contribution is 2.31. The molecule has 0 radical (unpaired) electrons. The summed E-state index contributed by atoms with van der Waals surface area (Å²) < 4.78 is 25.7. The van der Waals surface area contributed by atoms with Gasteiger partial charge in [-0.25, -0.2) is 9.59 Å². The highest BCUT2D eigenvalue weighted by Gasteiger charge is 2.12. The summed E-state index contributed by atoms with van der Waals surface area (Å²) in [6.07, 6.45) is 2.91. The summed E-state index contributed by atoms with van der Waals surface area (Å²) >= 11 is 0. The summed E-state index contributed by atoms with van der Waals surface area (Å²) in [5.41, 5.74) is 0.784. The summed E-state index contributed by atoms with van der Waals surface area (Å²) in [7, 11) is 1.26. The molecule has 0 bridgehead atoms. The van der Waals surface area contributed by atoms with Crippen LogP contribution in [0.15, 0.2) is 40.8 Å². The van der Waals surface area contributed by atoms with Crippen molar-refractivity contribution in [3.63, 3.8) is 0 Å². The first kappa shape index (κ1) is 16.6. The zero-order valence-corrected chi connectivity index (χ0v) is 13.5. The molecule has 0 fully saturated rings. The second-order valence-electron chi connectivity index (χ2n) is 5.10. The summed E-state index contributed by atoms with van der Waals surface area (Å²) in [5.74, 6) is 0.613. The quantitative estimate of drug-likeness (QED) is 0.609. The van der Waals surface area contributed by atoms with Crippen LogP contribution in [0.1, 0.15) is 21.9 Å². The van der Waals surface area contributed by atoms with Crippen molar-refractivity contribution >= 4 is 18.0 Å². The van der Waals surface area contributed by atoms with E-state index < -0.39 is 11.9 Å². The number of carbonyl (C=O) groups is 2. The number of fused-ring (bicyclic) bond motifs is 1. The number of hydrogen-bond acceptors (Lipinski definition) is 7. The molecule has 2 aromatic rings. The zero-order valence-electron chi connectivity index (χ0n) is 13.5. The topological polar surface area (TPSA) is 84.2 Å². The molecule has 25 heavy (non-hydrogen) atoms. The van der Waals surface area contributed by atoms with Gasteiger partial charge in [-0.05, 0) is 35.9 Å². The molecule has 0 atom stereocenters.